The highest BCUT2D eigenvalue weighted by atomic mass is 32.2. The fraction of sp³-hybridized carbons (Fsp3) is 0.619. The number of carbonyl (C=O) groups is 2. The number of likely N-dealkylation sites (tertiary alicyclic amines) is 1. The van der Waals surface area contributed by atoms with Crippen molar-refractivity contribution in [2.75, 3.05) is 46.1 Å². The molecule has 2 amide bonds. The van der Waals surface area contributed by atoms with E-state index in [0.717, 1.165) is 11.3 Å². The molecule has 0 radical (unpaired) electrons. The molecule has 1 aromatic carbocycles. The van der Waals surface area contributed by atoms with E-state index in [2.05, 4.69) is 5.32 Å². The Kier molecular flexibility index (Phi) is 5.30. The number of benzene rings is 1. The second-order valence-electron chi connectivity index (χ2n) is 8.81. The van der Waals surface area contributed by atoms with E-state index in [9.17, 15) is 18.0 Å². The SMILES string of the molecule is COc1cccc(CC(=O)N2CCC3(CC2)CN(S(C)(=O)=O)CC32CCNC2=O)c1. The highest BCUT2D eigenvalue weighted by Crippen LogP contribution is 2.56. The van der Waals surface area contributed by atoms with E-state index in [1.54, 1.807) is 7.11 Å². The van der Waals surface area contributed by atoms with Crippen LogP contribution in [-0.2, 0) is 26.0 Å². The maximum atomic E-state index is 12.9. The number of rotatable bonds is 4. The lowest BCUT2D eigenvalue weighted by Gasteiger charge is -2.46. The zero-order chi connectivity index (χ0) is 21.6. The molecule has 3 fully saturated rings. The summed E-state index contributed by atoms with van der Waals surface area (Å²) < 4.78 is 31.2. The van der Waals surface area contributed by atoms with Gasteiger partial charge >= 0.3 is 0 Å². The van der Waals surface area contributed by atoms with Crippen molar-refractivity contribution in [3.8, 4) is 5.75 Å². The average molecular weight is 436 g/mol. The number of ether oxygens (including phenoxy) is 1. The summed E-state index contributed by atoms with van der Waals surface area (Å²) in [7, 11) is -1.78. The first-order valence-corrected chi connectivity index (χ1v) is 12.2. The van der Waals surface area contributed by atoms with Gasteiger partial charge in [-0.2, -0.15) is 0 Å². The van der Waals surface area contributed by atoms with Gasteiger partial charge in [0.15, 0.2) is 0 Å². The molecule has 1 N–H and O–H groups in total. The molecule has 9 heteroatoms. The normalized spacial score (nSPS) is 26.3. The molecule has 8 nitrogen and oxygen atoms in total. The van der Waals surface area contributed by atoms with E-state index < -0.39 is 20.9 Å². The molecule has 3 aliphatic heterocycles. The summed E-state index contributed by atoms with van der Waals surface area (Å²) >= 11 is 0. The number of fused-ring (bicyclic) bond motifs is 1. The van der Waals surface area contributed by atoms with Crippen LogP contribution in [0.5, 0.6) is 5.75 Å². The van der Waals surface area contributed by atoms with Crippen LogP contribution in [0.1, 0.15) is 24.8 Å². The predicted octanol–water partition coefficient (Wildman–Crippen LogP) is 0.628. The number of hydrogen-bond acceptors (Lipinski definition) is 5. The Bertz CT molecular complexity index is 955. The zero-order valence-corrected chi connectivity index (χ0v) is 18.3. The van der Waals surface area contributed by atoms with E-state index in [-0.39, 0.29) is 18.4 Å². The molecule has 0 aromatic heterocycles. The molecule has 1 atom stereocenters. The molecular weight excluding hydrogens is 406 g/mol. The largest absolute Gasteiger partial charge is 0.497 e. The van der Waals surface area contributed by atoms with E-state index in [0.29, 0.717) is 51.9 Å². The second-order valence-corrected chi connectivity index (χ2v) is 10.8. The van der Waals surface area contributed by atoms with Crippen LogP contribution in [0.15, 0.2) is 24.3 Å². The van der Waals surface area contributed by atoms with Crippen LogP contribution in [0.2, 0.25) is 0 Å². The Morgan fingerprint density at radius 1 is 1.20 bits per heavy atom. The Hall–Kier alpha value is -2.13. The minimum atomic E-state index is -3.38. The highest BCUT2D eigenvalue weighted by Gasteiger charge is 2.65. The molecule has 0 bridgehead atoms. The minimum absolute atomic E-state index is 0.0372. The van der Waals surface area contributed by atoms with Crippen molar-refractivity contribution in [3.63, 3.8) is 0 Å². The van der Waals surface area contributed by atoms with Gasteiger partial charge in [0.1, 0.15) is 5.75 Å². The average Bonchev–Trinajstić information content (AvgIpc) is 3.24. The minimum Gasteiger partial charge on any atom is -0.497 e. The van der Waals surface area contributed by atoms with Crippen molar-refractivity contribution < 1.29 is 22.7 Å². The van der Waals surface area contributed by atoms with Gasteiger partial charge in [0.05, 0.1) is 25.2 Å². The molecule has 0 saturated carbocycles. The van der Waals surface area contributed by atoms with Gasteiger partial charge in [-0.3, -0.25) is 9.59 Å². The van der Waals surface area contributed by atoms with Gasteiger partial charge in [-0.1, -0.05) is 12.1 Å². The van der Waals surface area contributed by atoms with Crippen molar-refractivity contribution in [2.24, 2.45) is 10.8 Å². The number of sulfonamides is 1. The van der Waals surface area contributed by atoms with E-state index in [4.69, 9.17) is 4.74 Å². The maximum absolute atomic E-state index is 12.9. The number of amides is 2. The lowest BCUT2D eigenvalue weighted by Crippen LogP contribution is -2.53. The molecule has 3 saturated heterocycles. The molecule has 1 aromatic rings. The summed E-state index contributed by atoms with van der Waals surface area (Å²) in [5.74, 6) is 0.727. The number of methoxy groups -OCH3 is 1. The number of hydrogen-bond donors (Lipinski definition) is 1. The predicted molar refractivity (Wildman–Crippen MR) is 111 cm³/mol. The Morgan fingerprint density at radius 2 is 1.93 bits per heavy atom. The Labute approximate surface area is 177 Å². The summed E-state index contributed by atoms with van der Waals surface area (Å²) in [6.45, 7) is 2.26. The highest BCUT2D eigenvalue weighted by molar-refractivity contribution is 7.88. The molecule has 30 heavy (non-hydrogen) atoms. The van der Waals surface area contributed by atoms with Crippen LogP contribution in [0, 0.1) is 10.8 Å². The van der Waals surface area contributed by atoms with Crippen LogP contribution < -0.4 is 10.1 Å². The third-order valence-electron chi connectivity index (χ3n) is 7.24. The quantitative estimate of drug-likeness (QED) is 0.748. The molecule has 164 valence electrons. The number of piperidine rings is 1. The van der Waals surface area contributed by atoms with Crippen molar-refractivity contribution in [1.82, 2.24) is 14.5 Å². The van der Waals surface area contributed by atoms with Crippen LogP contribution in [0.25, 0.3) is 0 Å². The lowest BCUT2D eigenvalue weighted by atomic mass is 9.60. The molecule has 4 rings (SSSR count). The van der Waals surface area contributed by atoms with Gasteiger partial charge < -0.3 is 15.0 Å². The summed E-state index contributed by atoms with van der Waals surface area (Å²) in [4.78, 5) is 27.5. The molecular formula is C21H29N3O5S. The molecule has 3 heterocycles. The first kappa shape index (κ1) is 21.1. The smallest absolute Gasteiger partial charge is 0.228 e. The topological polar surface area (TPSA) is 96.0 Å². The van der Waals surface area contributed by atoms with E-state index >= 15 is 0 Å². The lowest BCUT2D eigenvalue weighted by molar-refractivity contribution is -0.138. The van der Waals surface area contributed by atoms with Gasteiger partial charge in [-0.05, 0) is 37.0 Å². The van der Waals surface area contributed by atoms with Gasteiger partial charge in [-0.15, -0.1) is 0 Å². The monoisotopic (exact) mass is 435 g/mol. The summed E-state index contributed by atoms with van der Waals surface area (Å²) in [5.41, 5.74) is -0.197. The van der Waals surface area contributed by atoms with Crippen LogP contribution in [0.4, 0.5) is 0 Å². The molecule has 2 spiro atoms. The fourth-order valence-electron chi connectivity index (χ4n) is 5.47. The van der Waals surface area contributed by atoms with Crippen molar-refractivity contribution in [3.05, 3.63) is 29.8 Å². The maximum Gasteiger partial charge on any atom is 0.228 e. The van der Waals surface area contributed by atoms with Gasteiger partial charge in [0.2, 0.25) is 21.8 Å². The van der Waals surface area contributed by atoms with Crippen molar-refractivity contribution >= 4 is 21.8 Å². The summed E-state index contributed by atoms with van der Waals surface area (Å²) in [6.07, 6.45) is 3.42. The van der Waals surface area contributed by atoms with Crippen LogP contribution in [0.3, 0.4) is 0 Å². The number of carbonyl (C=O) groups excluding carboxylic acids is 2. The first-order valence-electron chi connectivity index (χ1n) is 10.3. The van der Waals surface area contributed by atoms with Crippen LogP contribution in [-0.4, -0.2) is 75.5 Å². The van der Waals surface area contributed by atoms with Gasteiger partial charge in [0.25, 0.3) is 0 Å². The third kappa shape index (κ3) is 3.47. The van der Waals surface area contributed by atoms with Crippen LogP contribution >= 0.6 is 0 Å². The molecule has 3 aliphatic rings. The number of nitrogens with one attached hydrogen (secondary N) is 1. The Balaban J connectivity index is 1.49. The fourth-order valence-corrected chi connectivity index (χ4v) is 6.40. The van der Waals surface area contributed by atoms with E-state index in [1.807, 2.05) is 29.2 Å². The Morgan fingerprint density at radius 3 is 2.53 bits per heavy atom. The molecule has 1 unspecified atom stereocenters. The zero-order valence-electron chi connectivity index (χ0n) is 17.5. The van der Waals surface area contributed by atoms with E-state index in [1.165, 1.54) is 10.6 Å². The summed E-state index contributed by atoms with van der Waals surface area (Å²) in [5, 5.41) is 2.92. The van der Waals surface area contributed by atoms with Gasteiger partial charge in [0, 0.05) is 38.1 Å². The first-order chi connectivity index (χ1) is 14.2. The summed E-state index contributed by atoms with van der Waals surface area (Å²) in [6, 6.07) is 7.48. The van der Waals surface area contributed by atoms with Gasteiger partial charge in [-0.25, -0.2) is 12.7 Å². The standard InChI is InChI=1S/C21H29N3O5S/c1-29-17-5-3-4-16(12-17)13-18(25)23-10-7-20(8-11-23)14-24(30(2,27)28)15-21(20)6-9-22-19(21)26/h3-5,12H,6-11,13-15H2,1-2H3,(H,22,26). The van der Waals surface area contributed by atoms with Crippen molar-refractivity contribution in [1.29, 1.82) is 0 Å². The second kappa shape index (κ2) is 7.53. The van der Waals surface area contributed by atoms with Crippen molar-refractivity contribution in [2.45, 2.75) is 25.7 Å². The molecule has 0 aliphatic carbocycles. The third-order valence-corrected chi connectivity index (χ3v) is 8.44. The number of nitrogens with zero attached hydrogens (tertiary/aromatic N) is 2.